The predicted octanol–water partition coefficient (Wildman–Crippen LogP) is 2.78. The van der Waals surface area contributed by atoms with Crippen LogP contribution in [0.2, 0.25) is 0 Å². The Kier molecular flexibility index (Phi) is 5.88. The lowest BCUT2D eigenvalue weighted by atomic mass is 10.0. The van der Waals surface area contributed by atoms with E-state index in [4.69, 9.17) is 9.47 Å². The molecule has 0 bridgehead atoms. The maximum absolute atomic E-state index is 12.8. The van der Waals surface area contributed by atoms with Crippen molar-refractivity contribution in [3.63, 3.8) is 0 Å². The van der Waals surface area contributed by atoms with E-state index in [-0.39, 0.29) is 35.7 Å². The second kappa shape index (κ2) is 7.31. The van der Waals surface area contributed by atoms with E-state index in [9.17, 15) is 9.59 Å². The third-order valence-electron chi connectivity index (χ3n) is 5.42. The lowest BCUT2D eigenvalue weighted by molar-refractivity contribution is -0.144. The Morgan fingerprint density at radius 1 is 0.808 bits per heavy atom. The van der Waals surface area contributed by atoms with Gasteiger partial charge in [0.1, 0.15) is 11.4 Å². The van der Waals surface area contributed by atoms with Crippen LogP contribution in [0.25, 0.3) is 0 Å². The third kappa shape index (κ3) is 3.96. The van der Waals surface area contributed by atoms with Crippen molar-refractivity contribution in [2.24, 2.45) is 11.8 Å². The fourth-order valence-electron chi connectivity index (χ4n) is 3.81. The smallest absolute Gasteiger partial charge is 0.249 e. The quantitative estimate of drug-likeness (QED) is 0.718. The molecule has 0 aromatic carbocycles. The molecule has 0 spiro atoms. The van der Waals surface area contributed by atoms with Crippen LogP contribution in [0, 0.1) is 11.8 Å². The van der Waals surface area contributed by atoms with Crippen LogP contribution in [0.5, 0.6) is 0 Å². The van der Waals surface area contributed by atoms with Gasteiger partial charge in [0.25, 0.3) is 0 Å². The number of hydrogen-bond donors (Lipinski definition) is 0. The van der Waals surface area contributed by atoms with E-state index in [0.717, 1.165) is 0 Å². The monoisotopic (exact) mass is 366 g/mol. The highest BCUT2D eigenvalue weighted by Gasteiger charge is 2.45. The van der Waals surface area contributed by atoms with E-state index in [1.54, 1.807) is 9.80 Å². The van der Waals surface area contributed by atoms with Gasteiger partial charge >= 0.3 is 0 Å². The van der Waals surface area contributed by atoms with Gasteiger partial charge in [-0.3, -0.25) is 9.59 Å². The average Bonchev–Trinajstić information content (AvgIpc) is 3.00. The molecule has 6 nitrogen and oxygen atoms in total. The van der Waals surface area contributed by atoms with Crippen molar-refractivity contribution < 1.29 is 19.1 Å². The Hall–Kier alpha value is -1.40. The van der Waals surface area contributed by atoms with Crippen molar-refractivity contribution in [1.82, 2.24) is 9.80 Å². The Bertz CT molecular complexity index is 530. The molecule has 2 saturated heterocycles. The second-order valence-electron chi connectivity index (χ2n) is 8.89. The van der Waals surface area contributed by atoms with Crippen LogP contribution in [0.3, 0.4) is 0 Å². The van der Waals surface area contributed by atoms with Crippen molar-refractivity contribution in [3.05, 3.63) is 12.2 Å². The summed E-state index contributed by atoms with van der Waals surface area (Å²) in [5.41, 5.74) is -1.34. The van der Waals surface area contributed by atoms with Crippen molar-refractivity contribution in [3.8, 4) is 0 Å². The highest BCUT2D eigenvalue weighted by Crippen LogP contribution is 2.32. The molecule has 0 aromatic heterocycles. The number of ether oxygens (including phenoxy) is 2. The van der Waals surface area contributed by atoms with Crippen LogP contribution < -0.4 is 0 Å². The summed E-state index contributed by atoms with van der Waals surface area (Å²) in [5, 5.41) is 0. The fourth-order valence-corrected chi connectivity index (χ4v) is 3.81. The second-order valence-corrected chi connectivity index (χ2v) is 8.89. The maximum atomic E-state index is 12.8. The van der Waals surface area contributed by atoms with Gasteiger partial charge in [-0.2, -0.15) is 0 Å². The minimum atomic E-state index is -0.671. The summed E-state index contributed by atoms with van der Waals surface area (Å²) >= 11 is 0. The minimum absolute atomic E-state index is 0.00669. The zero-order valence-corrected chi connectivity index (χ0v) is 17.4. The van der Waals surface area contributed by atoms with E-state index in [1.165, 1.54) is 12.2 Å². The van der Waals surface area contributed by atoms with E-state index in [0.29, 0.717) is 13.2 Å². The van der Waals surface area contributed by atoms with Crippen molar-refractivity contribution in [1.29, 1.82) is 0 Å². The summed E-state index contributed by atoms with van der Waals surface area (Å²) < 4.78 is 11.6. The fraction of sp³-hybridized carbons (Fsp3) is 0.800. The molecular formula is C20H34N2O4. The molecule has 0 radical (unpaired) electrons. The molecule has 26 heavy (non-hydrogen) atoms. The van der Waals surface area contributed by atoms with Gasteiger partial charge in [0, 0.05) is 12.2 Å². The first-order valence-electron chi connectivity index (χ1n) is 9.51. The van der Waals surface area contributed by atoms with Crippen LogP contribution in [0.1, 0.15) is 55.4 Å². The molecule has 0 aliphatic carbocycles. The maximum Gasteiger partial charge on any atom is 0.249 e. The molecule has 2 fully saturated rings. The highest BCUT2D eigenvalue weighted by molar-refractivity contribution is 5.97. The normalized spacial score (nSPS) is 27.9. The Morgan fingerprint density at radius 3 is 1.38 bits per heavy atom. The Labute approximate surface area is 157 Å². The Balaban J connectivity index is 2.17. The van der Waals surface area contributed by atoms with Crippen molar-refractivity contribution in [2.45, 2.75) is 78.9 Å². The molecule has 2 amide bonds. The van der Waals surface area contributed by atoms with Crippen LogP contribution in [-0.2, 0) is 19.1 Å². The lowest BCUT2D eigenvalue weighted by Gasteiger charge is -2.35. The summed E-state index contributed by atoms with van der Waals surface area (Å²) in [7, 11) is 0. The van der Waals surface area contributed by atoms with Gasteiger partial charge in [-0.15, -0.1) is 0 Å². The summed E-state index contributed by atoms with van der Waals surface area (Å²) in [4.78, 5) is 29.1. The molecule has 6 heteroatoms. The number of carbonyl (C=O) groups is 2. The standard InChI is InChI=1S/C20H34N2O4/c1-13(2)15-11-25-19(5,6)21(15)17(23)9-10-18(24)22-16(14(3)4)12-26-20(22,7)8/h9-10,13-16H,11-12H2,1-8H3/b10-9-/t15-,16-/m1/s1. The summed E-state index contributed by atoms with van der Waals surface area (Å²) in [6, 6.07) is 0.0134. The van der Waals surface area contributed by atoms with Crippen LogP contribution in [0.15, 0.2) is 12.2 Å². The van der Waals surface area contributed by atoms with Gasteiger partial charge in [0.15, 0.2) is 0 Å². The molecule has 2 atom stereocenters. The van der Waals surface area contributed by atoms with E-state index in [1.807, 2.05) is 27.7 Å². The van der Waals surface area contributed by atoms with Crippen molar-refractivity contribution >= 4 is 11.8 Å². The summed E-state index contributed by atoms with van der Waals surface area (Å²) in [6.45, 7) is 16.9. The van der Waals surface area contributed by atoms with Gasteiger partial charge in [-0.25, -0.2) is 0 Å². The van der Waals surface area contributed by atoms with Crippen LogP contribution in [0.4, 0.5) is 0 Å². The molecular weight excluding hydrogens is 332 g/mol. The predicted molar refractivity (Wildman–Crippen MR) is 100 cm³/mol. The number of amides is 2. The topological polar surface area (TPSA) is 59.1 Å². The summed E-state index contributed by atoms with van der Waals surface area (Å²) in [6.07, 6.45) is 2.75. The zero-order valence-electron chi connectivity index (χ0n) is 17.4. The molecule has 2 aliphatic rings. The molecule has 2 rings (SSSR count). The minimum Gasteiger partial charge on any atom is -0.354 e. The van der Waals surface area contributed by atoms with E-state index in [2.05, 4.69) is 27.7 Å². The SMILES string of the molecule is CC(C)[C@H]1COC(C)(C)N1C(=O)/C=C\C(=O)N1[C@@H](C(C)C)COC1(C)C. The molecule has 148 valence electrons. The van der Waals surface area contributed by atoms with Gasteiger partial charge in [0.2, 0.25) is 11.8 Å². The van der Waals surface area contributed by atoms with Gasteiger partial charge in [-0.1, -0.05) is 27.7 Å². The number of hydrogen-bond acceptors (Lipinski definition) is 4. The van der Waals surface area contributed by atoms with E-state index < -0.39 is 11.4 Å². The zero-order chi connectivity index (χ0) is 19.9. The molecule has 0 saturated carbocycles. The molecule has 2 aliphatic heterocycles. The van der Waals surface area contributed by atoms with Gasteiger partial charge < -0.3 is 19.3 Å². The number of nitrogens with zero attached hydrogens (tertiary/aromatic N) is 2. The van der Waals surface area contributed by atoms with Crippen molar-refractivity contribution in [2.75, 3.05) is 13.2 Å². The number of rotatable bonds is 4. The Morgan fingerprint density at radius 2 is 1.12 bits per heavy atom. The van der Waals surface area contributed by atoms with E-state index >= 15 is 0 Å². The molecule has 0 unspecified atom stereocenters. The first-order chi connectivity index (χ1) is 11.9. The molecule has 2 heterocycles. The first-order valence-corrected chi connectivity index (χ1v) is 9.51. The van der Waals surface area contributed by atoms with Crippen LogP contribution in [-0.4, -0.2) is 58.4 Å². The third-order valence-corrected chi connectivity index (χ3v) is 5.42. The molecule has 0 N–H and O–H groups in total. The lowest BCUT2D eigenvalue weighted by Crippen LogP contribution is -2.50. The molecule has 0 aromatic rings. The van der Waals surface area contributed by atoms with Gasteiger partial charge in [0.05, 0.1) is 25.3 Å². The summed E-state index contributed by atoms with van der Waals surface area (Å²) in [5.74, 6) is 0.166. The number of carbonyl (C=O) groups excluding carboxylic acids is 2. The van der Waals surface area contributed by atoms with Crippen LogP contribution >= 0.6 is 0 Å². The largest absolute Gasteiger partial charge is 0.354 e. The van der Waals surface area contributed by atoms with Gasteiger partial charge in [-0.05, 0) is 39.5 Å². The first kappa shape index (κ1) is 20.9. The average molecular weight is 367 g/mol. The highest BCUT2D eigenvalue weighted by atomic mass is 16.5.